The highest BCUT2D eigenvalue weighted by Crippen LogP contribution is 2.28. The summed E-state index contributed by atoms with van der Waals surface area (Å²) in [6, 6.07) is 8.25. The van der Waals surface area contributed by atoms with Gasteiger partial charge >= 0.3 is 0 Å². The Morgan fingerprint density at radius 3 is 2.45 bits per heavy atom. The van der Waals surface area contributed by atoms with Gasteiger partial charge in [-0.25, -0.2) is 4.98 Å². The largest absolute Gasteiger partial charge is 0.369 e. The zero-order chi connectivity index (χ0) is 20.5. The maximum absolute atomic E-state index is 5.82. The van der Waals surface area contributed by atoms with Crippen LogP contribution in [0.15, 0.2) is 24.3 Å². The Morgan fingerprint density at radius 1 is 1.00 bits per heavy atom. The topological polar surface area (TPSA) is 79.1 Å². The summed E-state index contributed by atoms with van der Waals surface area (Å²) < 4.78 is 0. The summed E-state index contributed by atoms with van der Waals surface area (Å²) >= 11 is 0. The van der Waals surface area contributed by atoms with Gasteiger partial charge in [-0.15, -0.1) is 0 Å². The van der Waals surface area contributed by atoms with Crippen molar-refractivity contribution in [3.8, 4) is 0 Å². The number of nitrogens with one attached hydrogen (secondary N) is 2. The minimum Gasteiger partial charge on any atom is -0.369 e. The van der Waals surface area contributed by atoms with Crippen molar-refractivity contribution < 1.29 is 0 Å². The van der Waals surface area contributed by atoms with Gasteiger partial charge < -0.3 is 21.3 Å². The molecule has 0 atom stereocenters. The lowest BCUT2D eigenvalue weighted by Crippen LogP contribution is -2.26. The van der Waals surface area contributed by atoms with Gasteiger partial charge in [0.2, 0.25) is 5.95 Å². The Hall–Kier alpha value is -1.92. The van der Waals surface area contributed by atoms with E-state index < -0.39 is 0 Å². The van der Waals surface area contributed by atoms with E-state index in [0.29, 0.717) is 5.92 Å². The van der Waals surface area contributed by atoms with E-state index in [2.05, 4.69) is 47.6 Å². The van der Waals surface area contributed by atoms with Crippen LogP contribution in [0.1, 0.15) is 46.0 Å². The molecule has 0 radical (unpaired) electrons. The number of nitrogens with two attached hydrogens (primary N) is 1. The third-order valence-corrected chi connectivity index (χ3v) is 6.29. The van der Waals surface area contributed by atoms with Gasteiger partial charge in [0.05, 0.1) is 5.52 Å². The van der Waals surface area contributed by atoms with Gasteiger partial charge in [0, 0.05) is 18.5 Å². The summed E-state index contributed by atoms with van der Waals surface area (Å²) in [7, 11) is 0. The Bertz CT molecular complexity index is 737. The number of fused-ring (bicyclic) bond motifs is 1. The van der Waals surface area contributed by atoms with E-state index in [1.54, 1.807) is 0 Å². The molecule has 0 amide bonds. The van der Waals surface area contributed by atoms with Crippen molar-refractivity contribution in [3.05, 3.63) is 24.3 Å². The average Bonchev–Trinajstić information content (AvgIpc) is 2.78. The van der Waals surface area contributed by atoms with Crippen LogP contribution in [0, 0.1) is 11.8 Å². The summed E-state index contributed by atoms with van der Waals surface area (Å²) in [6.07, 6.45) is 6.10. The van der Waals surface area contributed by atoms with Gasteiger partial charge in [0.1, 0.15) is 5.82 Å². The highest BCUT2D eigenvalue weighted by molar-refractivity contribution is 5.89. The number of hydrogen-bond donors (Lipinski definition) is 3. The van der Waals surface area contributed by atoms with Crippen LogP contribution in [0.3, 0.4) is 0 Å². The second kappa shape index (κ2) is 11.3. The summed E-state index contributed by atoms with van der Waals surface area (Å²) in [5, 5.41) is 8.14. The number of hydrogen-bond acceptors (Lipinski definition) is 6. The van der Waals surface area contributed by atoms with E-state index in [-0.39, 0.29) is 0 Å². The second-order valence-corrected chi connectivity index (χ2v) is 8.22. The molecule has 1 fully saturated rings. The predicted octanol–water partition coefficient (Wildman–Crippen LogP) is 3.95. The first kappa shape index (κ1) is 21.8. The summed E-state index contributed by atoms with van der Waals surface area (Å²) in [5.41, 5.74) is 6.81. The maximum atomic E-state index is 5.82. The first-order chi connectivity index (χ1) is 14.2. The molecule has 3 rings (SSSR count). The van der Waals surface area contributed by atoms with E-state index >= 15 is 0 Å². The summed E-state index contributed by atoms with van der Waals surface area (Å²) in [6.45, 7) is 10.4. The molecular formula is C23H38N6. The first-order valence-electron chi connectivity index (χ1n) is 11.4. The fraction of sp³-hybridized carbons (Fsp3) is 0.652. The van der Waals surface area contributed by atoms with E-state index in [9.17, 15) is 0 Å². The molecule has 1 aromatic heterocycles. The molecule has 0 unspecified atom stereocenters. The molecule has 2 aromatic rings. The molecule has 1 aliphatic carbocycles. The Kier molecular flexibility index (Phi) is 8.50. The second-order valence-electron chi connectivity index (χ2n) is 8.22. The van der Waals surface area contributed by atoms with Crippen LogP contribution in [-0.4, -0.2) is 54.1 Å². The number of para-hydroxylation sites is 1. The molecule has 1 heterocycles. The third kappa shape index (κ3) is 6.28. The fourth-order valence-electron chi connectivity index (χ4n) is 4.25. The van der Waals surface area contributed by atoms with E-state index in [4.69, 9.17) is 15.7 Å². The summed E-state index contributed by atoms with van der Waals surface area (Å²) in [5.74, 6) is 3.08. The minimum absolute atomic E-state index is 0.693. The van der Waals surface area contributed by atoms with Gasteiger partial charge in [-0.05, 0) is 82.3 Å². The monoisotopic (exact) mass is 398 g/mol. The highest BCUT2D eigenvalue weighted by Gasteiger charge is 2.20. The molecule has 1 saturated carbocycles. The molecule has 29 heavy (non-hydrogen) atoms. The molecule has 0 bridgehead atoms. The lowest BCUT2D eigenvalue weighted by atomic mass is 9.82. The van der Waals surface area contributed by atoms with Gasteiger partial charge in [0.25, 0.3) is 0 Å². The molecular weight excluding hydrogens is 360 g/mol. The van der Waals surface area contributed by atoms with Crippen LogP contribution in [0.4, 0.5) is 11.8 Å². The molecule has 1 aliphatic rings. The molecule has 0 spiro atoms. The molecule has 6 nitrogen and oxygen atoms in total. The van der Waals surface area contributed by atoms with Crippen LogP contribution < -0.4 is 16.4 Å². The van der Waals surface area contributed by atoms with Gasteiger partial charge in [0.15, 0.2) is 0 Å². The number of rotatable bonds is 11. The first-order valence-corrected chi connectivity index (χ1v) is 11.4. The van der Waals surface area contributed by atoms with Crippen molar-refractivity contribution in [2.75, 3.05) is 49.9 Å². The third-order valence-electron chi connectivity index (χ3n) is 6.29. The SMILES string of the molecule is CCN(CC)CCCNc1nc(NCC2CCC(CN)CC2)nc2ccccc12. The maximum Gasteiger partial charge on any atom is 0.225 e. The number of benzene rings is 1. The molecule has 0 saturated heterocycles. The smallest absolute Gasteiger partial charge is 0.225 e. The Morgan fingerprint density at radius 2 is 1.72 bits per heavy atom. The molecule has 0 aliphatic heterocycles. The van der Waals surface area contributed by atoms with Crippen molar-refractivity contribution in [1.82, 2.24) is 14.9 Å². The number of nitrogens with zero attached hydrogens (tertiary/aromatic N) is 3. The lowest BCUT2D eigenvalue weighted by molar-refractivity contribution is 0.289. The molecule has 4 N–H and O–H groups in total. The molecule has 6 heteroatoms. The highest BCUT2D eigenvalue weighted by atomic mass is 15.1. The van der Waals surface area contributed by atoms with Gasteiger partial charge in [-0.2, -0.15) is 4.98 Å². The Labute approximate surface area is 175 Å². The molecule has 1 aromatic carbocycles. The van der Waals surface area contributed by atoms with Gasteiger partial charge in [-0.3, -0.25) is 0 Å². The van der Waals surface area contributed by atoms with Crippen LogP contribution >= 0.6 is 0 Å². The molecule has 160 valence electrons. The predicted molar refractivity (Wildman–Crippen MR) is 123 cm³/mol. The minimum atomic E-state index is 0.693. The van der Waals surface area contributed by atoms with Crippen molar-refractivity contribution in [3.63, 3.8) is 0 Å². The number of aromatic nitrogens is 2. The van der Waals surface area contributed by atoms with Crippen LogP contribution in [0.2, 0.25) is 0 Å². The fourth-order valence-corrected chi connectivity index (χ4v) is 4.25. The zero-order valence-corrected chi connectivity index (χ0v) is 18.2. The van der Waals surface area contributed by atoms with Crippen LogP contribution in [0.5, 0.6) is 0 Å². The normalized spacial score (nSPS) is 19.6. The van der Waals surface area contributed by atoms with Crippen molar-refractivity contribution >= 4 is 22.7 Å². The zero-order valence-electron chi connectivity index (χ0n) is 18.2. The Balaban J connectivity index is 1.60. The van der Waals surface area contributed by atoms with Crippen LogP contribution in [0.25, 0.3) is 10.9 Å². The van der Waals surface area contributed by atoms with E-state index in [1.807, 2.05) is 6.07 Å². The van der Waals surface area contributed by atoms with Crippen LogP contribution in [-0.2, 0) is 0 Å². The van der Waals surface area contributed by atoms with E-state index in [0.717, 1.165) is 74.3 Å². The van der Waals surface area contributed by atoms with Crippen molar-refractivity contribution in [2.45, 2.75) is 46.0 Å². The quantitative estimate of drug-likeness (QED) is 0.497. The van der Waals surface area contributed by atoms with Crippen molar-refractivity contribution in [2.24, 2.45) is 17.6 Å². The lowest BCUT2D eigenvalue weighted by Gasteiger charge is -2.27. The van der Waals surface area contributed by atoms with E-state index in [1.165, 1.54) is 25.7 Å². The number of anilines is 2. The standard InChI is InChI=1S/C23H38N6/c1-3-29(4-2)15-7-14-25-22-20-8-5-6-9-21(20)27-23(28-22)26-17-19-12-10-18(16-24)11-13-19/h5-6,8-9,18-19H,3-4,7,10-17,24H2,1-2H3,(H2,25,26,27,28). The summed E-state index contributed by atoms with van der Waals surface area (Å²) in [4.78, 5) is 12.0. The van der Waals surface area contributed by atoms with Crippen molar-refractivity contribution in [1.29, 1.82) is 0 Å². The average molecular weight is 399 g/mol. The van der Waals surface area contributed by atoms with Gasteiger partial charge in [-0.1, -0.05) is 26.0 Å².